The fourth-order valence-corrected chi connectivity index (χ4v) is 4.21. The summed E-state index contributed by atoms with van der Waals surface area (Å²) in [7, 11) is -3.48. The molecule has 1 aliphatic rings. The molecule has 1 fully saturated rings. The van der Waals surface area contributed by atoms with Crippen LogP contribution in [0.5, 0.6) is 0 Å². The van der Waals surface area contributed by atoms with E-state index in [0.717, 1.165) is 18.4 Å². The van der Waals surface area contributed by atoms with Gasteiger partial charge in [0.1, 0.15) is 0 Å². The summed E-state index contributed by atoms with van der Waals surface area (Å²) in [6, 6.07) is 9.53. The highest BCUT2D eigenvalue weighted by atomic mass is 32.2. The molecule has 1 saturated heterocycles. The number of nitrogens with zero attached hydrogens (tertiary/aromatic N) is 3. The Labute approximate surface area is 152 Å². The highest BCUT2D eigenvalue weighted by molar-refractivity contribution is 7.89. The maximum Gasteiger partial charge on any atom is 0.271 e. The van der Waals surface area contributed by atoms with Gasteiger partial charge in [0.2, 0.25) is 10.0 Å². The Morgan fingerprint density at radius 1 is 1.12 bits per heavy atom. The number of benzene rings is 1. The van der Waals surface area contributed by atoms with Crippen LogP contribution in [-0.4, -0.2) is 42.4 Å². The molecule has 3 rings (SSSR count). The molecular formula is C18H20N4O3S. The van der Waals surface area contributed by atoms with Crippen LogP contribution in [0, 0.1) is 0 Å². The summed E-state index contributed by atoms with van der Waals surface area (Å²) in [4.78, 5) is 16.4. The topological polar surface area (TPSA) is 91.7 Å². The van der Waals surface area contributed by atoms with Crippen molar-refractivity contribution in [1.29, 1.82) is 0 Å². The van der Waals surface area contributed by atoms with E-state index in [1.165, 1.54) is 28.6 Å². The molecule has 0 radical (unpaired) electrons. The lowest BCUT2D eigenvalue weighted by molar-refractivity contribution is 0.0954. The summed E-state index contributed by atoms with van der Waals surface area (Å²) >= 11 is 0. The van der Waals surface area contributed by atoms with Gasteiger partial charge in [-0.3, -0.25) is 9.78 Å². The number of hydrazone groups is 1. The van der Waals surface area contributed by atoms with E-state index in [1.807, 2.05) is 6.07 Å². The first kappa shape index (κ1) is 18.2. The van der Waals surface area contributed by atoms with Crippen LogP contribution in [0.25, 0.3) is 0 Å². The first-order valence-electron chi connectivity index (χ1n) is 8.34. The molecule has 136 valence electrons. The summed E-state index contributed by atoms with van der Waals surface area (Å²) in [5.41, 5.74) is 4.24. The Hall–Kier alpha value is -2.58. The number of hydrogen-bond acceptors (Lipinski definition) is 5. The smallest absolute Gasteiger partial charge is 0.267 e. The van der Waals surface area contributed by atoms with Crippen LogP contribution in [0.4, 0.5) is 0 Å². The molecule has 1 N–H and O–H groups in total. The van der Waals surface area contributed by atoms with Gasteiger partial charge >= 0.3 is 0 Å². The molecular weight excluding hydrogens is 352 g/mol. The van der Waals surface area contributed by atoms with Gasteiger partial charge in [0.25, 0.3) is 5.91 Å². The minimum absolute atomic E-state index is 0.200. The monoisotopic (exact) mass is 372 g/mol. The van der Waals surface area contributed by atoms with Gasteiger partial charge < -0.3 is 0 Å². The molecule has 2 aromatic rings. The third-order valence-electron chi connectivity index (χ3n) is 4.22. The zero-order chi connectivity index (χ0) is 18.6. The minimum atomic E-state index is -3.48. The Bertz CT molecular complexity index is 903. The predicted molar refractivity (Wildman–Crippen MR) is 98.3 cm³/mol. The molecule has 0 bridgehead atoms. The van der Waals surface area contributed by atoms with Crippen molar-refractivity contribution < 1.29 is 13.2 Å². The fourth-order valence-electron chi connectivity index (χ4n) is 2.70. The molecule has 0 saturated carbocycles. The molecule has 0 unspecified atom stereocenters. The molecule has 7 nitrogen and oxygen atoms in total. The van der Waals surface area contributed by atoms with Crippen molar-refractivity contribution in [3.05, 3.63) is 59.9 Å². The van der Waals surface area contributed by atoms with Gasteiger partial charge in [0, 0.05) is 36.6 Å². The molecule has 26 heavy (non-hydrogen) atoms. The van der Waals surface area contributed by atoms with E-state index in [2.05, 4.69) is 15.5 Å². The van der Waals surface area contributed by atoms with E-state index < -0.39 is 15.9 Å². The first-order chi connectivity index (χ1) is 12.5. The number of hydrogen-bond donors (Lipinski definition) is 1. The van der Waals surface area contributed by atoms with Crippen molar-refractivity contribution in [2.45, 2.75) is 24.7 Å². The Morgan fingerprint density at radius 2 is 1.81 bits per heavy atom. The van der Waals surface area contributed by atoms with Gasteiger partial charge in [-0.2, -0.15) is 9.41 Å². The van der Waals surface area contributed by atoms with Gasteiger partial charge in [-0.15, -0.1) is 0 Å². The van der Waals surface area contributed by atoms with Crippen LogP contribution in [-0.2, 0) is 10.0 Å². The lowest BCUT2D eigenvalue weighted by Gasteiger charge is -2.15. The summed E-state index contributed by atoms with van der Waals surface area (Å²) < 4.78 is 26.4. The number of sulfonamides is 1. The zero-order valence-corrected chi connectivity index (χ0v) is 15.2. The Morgan fingerprint density at radius 3 is 2.42 bits per heavy atom. The van der Waals surface area contributed by atoms with Gasteiger partial charge in [0.05, 0.1) is 10.6 Å². The van der Waals surface area contributed by atoms with E-state index >= 15 is 0 Å². The van der Waals surface area contributed by atoms with Crippen molar-refractivity contribution in [2.24, 2.45) is 5.10 Å². The number of pyridine rings is 1. The normalized spacial score (nSPS) is 15.8. The first-order valence-corrected chi connectivity index (χ1v) is 9.78. The Kier molecular flexibility index (Phi) is 5.43. The lowest BCUT2D eigenvalue weighted by Crippen LogP contribution is -2.28. The van der Waals surface area contributed by atoms with Crippen LogP contribution in [0.3, 0.4) is 0 Å². The number of carbonyl (C=O) groups is 1. The average molecular weight is 372 g/mol. The van der Waals surface area contributed by atoms with E-state index in [-0.39, 0.29) is 4.90 Å². The standard InChI is InChI=1S/C18H20N4O3S/c1-14(16-5-4-10-19-13-16)20-21-18(23)15-6-8-17(9-7-15)26(24,25)22-11-2-3-12-22/h4-10,13H,2-3,11-12H2,1H3,(H,21,23)/b20-14-. The molecule has 0 aliphatic carbocycles. The third kappa shape index (κ3) is 3.97. The number of rotatable bonds is 5. The largest absolute Gasteiger partial charge is 0.271 e. The minimum Gasteiger partial charge on any atom is -0.267 e. The van der Waals surface area contributed by atoms with Crippen LogP contribution < -0.4 is 5.43 Å². The van der Waals surface area contributed by atoms with Gasteiger partial charge in [0.15, 0.2) is 0 Å². The summed E-state index contributed by atoms with van der Waals surface area (Å²) in [5.74, 6) is -0.404. The quantitative estimate of drug-likeness (QED) is 0.642. The van der Waals surface area contributed by atoms with Gasteiger partial charge in [-0.05, 0) is 50.1 Å². The molecule has 1 aromatic carbocycles. The molecule has 0 spiro atoms. The number of carbonyl (C=O) groups excluding carboxylic acids is 1. The van der Waals surface area contributed by atoms with E-state index in [4.69, 9.17) is 0 Å². The highest BCUT2D eigenvalue weighted by Crippen LogP contribution is 2.21. The molecule has 1 aromatic heterocycles. The van der Waals surface area contributed by atoms with Crippen molar-refractivity contribution in [3.63, 3.8) is 0 Å². The molecule has 2 heterocycles. The molecule has 1 amide bonds. The maximum atomic E-state index is 12.5. The van der Waals surface area contributed by atoms with E-state index in [9.17, 15) is 13.2 Å². The van der Waals surface area contributed by atoms with Crippen LogP contribution in [0.1, 0.15) is 35.7 Å². The summed E-state index contributed by atoms with van der Waals surface area (Å²) in [6.45, 7) is 2.86. The van der Waals surface area contributed by atoms with Crippen molar-refractivity contribution >= 4 is 21.6 Å². The van der Waals surface area contributed by atoms with Crippen LogP contribution >= 0.6 is 0 Å². The van der Waals surface area contributed by atoms with Crippen molar-refractivity contribution in [1.82, 2.24) is 14.7 Å². The van der Waals surface area contributed by atoms with E-state index in [0.29, 0.717) is 24.4 Å². The maximum absolute atomic E-state index is 12.5. The average Bonchev–Trinajstić information content (AvgIpc) is 3.22. The van der Waals surface area contributed by atoms with Crippen LogP contribution in [0.2, 0.25) is 0 Å². The molecule has 1 aliphatic heterocycles. The van der Waals surface area contributed by atoms with E-state index in [1.54, 1.807) is 25.4 Å². The number of nitrogens with one attached hydrogen (secondary N) is 1. The third-order valence-corrected chi connectivity index (χ3v) is 6.14. The summed E-state index contributed by atoms with van der Waals surface area (Å²) in [5, 5.41) is 4.06. The predicted octanol–water partition coefficient (Wildman–Crippen LogP) is 2.02. The fraction of sp³-hybridized carbons (Fsp3) is 0.278. The van der Waals surface area contributed by atoms with Gasteiger partial charge in [-0.1, -0.05) is 6.07 Å². The van der Waals surface area contributed by atoms with Crippen molar-refractivity contribution in [2.75, 3.05) is 13.1 Å². The second-order valence-corrected chi connectivity index (χ2v) is 7.95. The Balaban J connectivity index is 1.69. The summed E-state index contributed by atoms with van der Waals surface area (Å²) in [6.07, 6.45) is 5.08. The second kappa shape index (κ2) is 7.76. The molecule has 8 heteroatoms. The highest BCUT2D eigenvalue weighted by Gasteiger charge is 2.27. The lowest BCUT2D eigenvalue weighted by atomic mass is 10.2. The van der Waals surface area contributed by atoms with Crippen molar-refractivity contribution in [3.8, 4) is 0 Å². The SMILES string of the molecule is C/C(=N/NC(=O)c1ccc(S(=O)(=O)N2CCCC2)cc1)c1cccnc1. The van der Waals surface area contributed by atoms with Gasteiger partial charge in [-0.25, -0.2) is 13.8 Å². The zero-order valence-electron chi connectivity index (χ0n) is 14.4. The number of aromatic nitrogens is 1. The van der Waals surface area contributed by atoms with Crippen LogP contribution in [0.15, 0.2) is 58.8 Å². The second-order valence-electron chi connectivity index (χ2n) is 6.02. The molecule has 0 atom stereocenters. The number of amides is 1.